The zero-order valence-electron chi connectivity index (χ0n) is 4.90. The van der Waals surface area contributed by atoms with E-state index < -0.39 is 0 Å². The minimum Gasteiger partial charge on any atom is -0.201 e. The van der Waals surface area contributed by atoms with Crippen LogP contribution < -0.4 is 0 Å². The molecule has 0 aliphatic rings. The highest BCUT2D eigenvalue weighted by Gasteiger charge is 1.59. The van der Waals surface area contributed by atoms with Gasteiger partial charge in [0.2, 0.25) is 0 Å². The van der Waals surface area contributed by atoms with Gasteiger partial charge in [0.05, 0.1) is 0 Å². The summed E-state index contributed by atoms with van der Waals surface area (Å²) in [6, 6.07) is 9.74. The van der Waals surface area contributed by atoms with Crippen molar-refractivity contribution in [2.45, 2.75) is 0 Å². The van der Waals surface area contributed by atoms with E-state index in [1.807, 2.05) is 35.7 Å². The molecule has 2 heteroatoms. The first-order valence-electron chi connectivity index (χ1n) is 2.68. The first kappa shape index (κ1) is 6.23. The van der Waals surface area contributed by atoms with E-state index in [2.05, 4.69) is 4.37 Å². The fourth-order valence-electron chi connectivity index (χ4n) is 0.428. The van der Waals surface area contributed by atoms with Gasteiger partial charge in [-0.25, -0.2) is 4.37 Å². The molecule has 0 spiro atoms. The van der Waals surface area contributed by atoms with Crippen molar-refractivity contribution in [2.75, 3.05) is 0 Å². The number of hydrogen-bond donors (Lipinski definition) is 0. The van der Waals surface area contributed by atoms with Crippen LogP contribution in [0.25, 0.3) is 0 Å². The lowest BCUT2D eigenvalue weighted by Crippen LogP contribution is -1.45. The Labute approximate surface area is 58.5 Å². The highest BCUT2D eigenvalue weighted by atomic mass is 32.1. The third-order valence-electron chi connectivity index (χ3n) is 0.792. The Morgan fingerprint density at radius 1 is 0.889 bits per heavy atom. The molecule has 0 aliphatic carbocycles. The van der Waals surface area contributed by atoms with E-state index in [9.17, 15) is 0 Å². The van der Waals surface area contributed by atoms with E-state index in [-0.39, 0.29) is 0 Å². The summed E-state index contributed by atoms with van der Waals surface area (Å²) >= 11 is 1.43. The van der Waals surface area contributed by atoms with E-state index in [4.69, 9.17) is 0 Å². The molecule has 0 N–H and O–H groups in total. The quantitative estimate of drug-likeness (QED) is 0.534. The van der Waals surface area contributed by atoms with Crippen LogP contribution in [-0.2, 0) is 0 Å². The van der Waals surface area contributed by atoms with Crippen molar-refractivity contribution < 1.29 is 0 Å². The highest BCUT2D eigenvalue weighted by Crippen LogP contribution is 1.82. The van der Waals surface area contributed by atoms with Crippen LogP contribution in [0.5, 0.6) is 0 Å². The van der Waals surface area contributed by atoms with Crippen LogP contribution >= 0.6 is 11.5 Å². The van der Waals surface area contributed by atoms with Gasteiger partial charge < -0.3 is 0 Å². The highest BCUT2D eigenvalue weighted by molar-refractivity contribution is 7.03. The molecule has 9 heavy (non-hydrogen) atoms. The molecule has 1 aromatic rings. The maximum Gasteiger partial charge on any atom is 0.0398 e. The van der Waals surface area contributed by atoms with Gasteiger partial charge >= 0.3 is 0 Å². The lowest BCUT2D eigenvalue weighted by Gasteiger charge is -1.59. The topological polar surface area (TPSA) is 12.9 Å². The van der Waals surface area contributed by atoms with E-state index in [1.165, 1.54) is 11.5 Å². The van der Waals surface area contributed by atoms with Crippen LogP contribution in [0, 0.1) is 0 Å². The molecule has 0 aliphatic heterocycles. The van der Waals surface area contributed by atoms with Crippen molar-refractivity contribution in [3.8, 4) is 0 Å². The summed E-state index contributed by atoms with van der Waals surface area (Å²) in [6.07, 6.45) is 1.77. The summed E-state index contributed by atoms with van der Waals surface area (Å²) in [6.45, 7) is 0. The predicted molar refractivity (Wildman–Crippen MR) is 39.7 cm³/mol. The molecule has 0 saturated heterocycles. The molecule has 1 aromatic heterocycles. The molecule has 1 rings (SSSR count). The molecule has 46 valence electrons. The molecular formula is C7H7NS. The standard InChI is InChI=1S/C7H7NS/c1-2-4-6-8-9-7-5-3-1/h1-7H. The predicted octanol–water partition coefficient (Wildman–Crippen LogP) is 2.27. The monoisotopic (exact) mass is 137 g/mol. The van der Waals surface area contributed by atoms with E-state index >= 15 is 0 Å². The Morgan fingerprint density at radius 2 is 1.67 bits per heavy atom. The molecule has 0 radical (unpaired) electrons. The van der Waals surface area contributed by atoms with Crippen LogP contribution in [0.2, 0.25) is 0 Å². The van der Waals surface area contributed by atoms with Crippen molar-refractivity contribution >= 4 is 11.5 Å². The average molecular weight is 137 g/mol. The van der Waals surface area contributed by atoms with Crippen molar-refractivity contribution in [1.82, 2.24) is 4.37 Å². The molecular weight excluding hydrogens is 130 g/mol. The first-order valence-corrected chi connectivity index (χ1v) is 3.51. The maximum absolute atomic E-state index is 3.97. The summed E-state index contributed by atoms with van der Waals surface area (Å²) in [7, 11) is 0. The molecule has 1 nitrogen and oxygen atoms in total. The fraction of sp³-hybridized carbons (Fsp3) is 0. The first-order chi connectivity index (χ1) is 4.50. The van der Waals surface area contributed by atoms with E-state index in [0.717, 1.165) is 0 Å². The second-order valence-electron chi connectivity index (χ2n) is 1.46. The zero-order valence-corrected chi connectivity index (χ0v) is 5.71. The summed E-state index contributed by atoms with van der Waals surface area (Å²) < 4.78 is 3.97. The molecule has 0 fully saturated rings. The Balaban J connectivity index is 3.04. The number of aromatic nitrogens is 1. The fourth-order valence-corrected chi connectivity index (χ4v) is 0.800. The van der Waals surface area contributed by atoms with Crippen molar-refractivity contribution in [1.29, 1.82) is 0 Å². The van der Waals surface area contributed by atoms with Gasteiger partial charge in [0, 0.05) is 11.6 Å². The van der Waals surface area contributed by atoms with Gasteiger partial charge in [-0.3, -0.25) is 0 Å². The number of hydrogen-bond acceptors (Lipinski definition) is 2. The van der Waals surface area contributed by atoms with Gasteiger partial charge in [0.15, 0.2) is 0 Å². The molecule has 0 unspecified atom stereocenters. The van der Waals surface area contributed by atoms with Gasteiger partial charge in [-0.15, -0.1) is 0 Å². The van der Waals surface area contributed by atoms with Gasteiger partial charge in [-0.05, 0) is 17.6 Å². The Kier molecular flexibility index (Phi) is 2.80. The number of nitrogens with zero attached hydrogens (tertiary/aromatic N) is 1. The Morgan fingerprint density at radius 3 is 2.67 bits per heavy atom. The lowest BCUT2D eigenvalue weighted by molar-refractivity contribution is 1.55. The third kappa shape index (κ3) is 2.82. The Hall–Kier alpha value is -0.890. The van der Waals surface area contributed by atoms with Gasteiger partial charge in [0.1, 0.15) is 0 Å². The Bertz CT molecular complexity index is 131. The molecule has 0 amide bonds. The zero-order chi connectivity index (χ0) is 6.36. The van der Waals surface area contributed by atoms with Crippen LogP contribution in [0.15, 0.2) is 41.9 Å². The molecule has 1 heterocycles. The minimum atomic E-state index is 1.43. The molecule has 0 saturated carbocycles. The normalized spacial score (nSPS) is 8.00. The average Bonchev–Trinajstić information content (AvgIpc) is 2.00. The smallest absolute Gasteiger partial charge is 0.0398 e. The van der Waals surface area contributed by atoms with E-state index in [1.54, 1.807) is 6.20 Å². The molecule has 0 bridgehead atoms. The van der Waals surface area contributed by atoms with Crippen LogP contribution in [-0.4, -0.2) is 4.37 Å². The summed E-state index contributed by atoms with van der Waals surface area (Å²) in [4.78, 5) is 0. The SMILES string of the molecule is c1cccnsccc1. The summed E-state index contributed by atoms with van der Waals surface area (Å²) in [5.41, 5.74) is 0. The van der Waals surface area contributed by atoms with Crippen molar-refractivity contribution in [3.05, 3.63) is 41.9 Å². The van der Waals surface area contributed by atoms with Gasteiger partial charge in [-0.2, -0.15) is 0 Å². The molecule has 0 aromatic carbocycles. The van der Waals surface area contributed by atoms with Gasteiger partial charge in [-0.1, -0.05) is 24.3 Å². The maximum atomic E-state index is 3.97. The summed E-state index contributed by atoms with van der Waals surface area (Å²) in [5, 5.41) is 1.93. The third-order valence-corrected chi connectivity index (χ3v) is 1.31. The minimum absolute atomic E-state index is 1.43. The lowest BCUT2D eigenvalue weighted by atomic mass is 10.5. The van der Waals surface area contributed by atoms with Gasteiger partial charge in [0.25, 0.3) is 0 Å². The van der Waals surface area contributed by atoms with Crippen LogP contribution in [0.3, 0.4) is 0 Å². The second-order valence-corrected chi connectivity index (χ2v) is 2.15. The van der Waals surface area contributed by atoms with Crippen LogP contribution in [0.1, 0.15) is 0 Å². The summed E-state index contributed by atoms with van der Waals surface area (Å²) in [5.74, 6) is 0. The number of rotatable bonds is 0. The largest absolute Gasteiger partial charge is 0.201 e. The second kappa shape index (κ2) is 4.04. The van der Waals surface area contributed by atoms with E-state index in [0.29, 0.717) is 0 Å². The van der Waals surface area contributed by atoms with Crippen molar-refractivity contribution in [2.24, 2.45) is 0 Å². The van der Waals surface area contributed by atoms with Crippen molar-refractivity contribution in [3.63, 3.8) is 0 Å². The van der Waals surface area contributed by atoms with Crippen LogP contribution in [0.4, 0.5) is 0 Å². The molecule has 0 atom stereocenters.